The lowest BCUT2D eigenvalue weighted by molar-refractivity contribution is 0.0823. The summed E-state index contributed by atoms with van der Waals surface area (Å²) in [5.41, 5.74) is 7.02. The van der Waals surface area contributed by atoms with Gasteiger partial charge in [-0.2, -0.15) is 0 Å². The number of benzene rings is 2. The molecule has 1 aromatic heterocycles. The third kappa shape index (κ3) is 5.18. The fourth-order valence-electron chi connectivity index (χ4n) is 4.64. The van der Waals surface area contributed by atoms with Crippen LogP contribution in [0.4, 0.5) is 10.6 Å². The van der Waals surface area contributed by atoms with Crippen LogP contribution in [-0.2, 0) is 0 Å². The number of ether oxygens (including phenoxy) is 1. The molecule has 0 saturated carbocycles. The number of anilines is 1. The van der Waals surface area contributed by atoms with E-state index in [-0.39, 0.29) is 29.0 Å². The zero-order chi connectivity index (χ0) is 25.2. The lowest BCUT2D eigenvalue weighted by Crippen LogP contribution is -2.53. The minimum Gasteiger partial charge on any atom is -0.465 e. The molecule has 0 spiro atoms. The van der Waals surface area contributed by atoms with Crippen molar-refractivity contribution in [1.29, 1.82) is 0 Å². The molecule has 182 valence electrons. The molecule has 2 aromatic carbocycles. The second-order valence-corrected chi connectivity index (χ2v) is 9.58. The maximum Gasteiger partial charge on any atom is 0.407 e. The standard InChI is InChI=1S/C26H29N5O4/c1-26(2,3)22-19(13-14-31(22)25(33)34)30-24(32)21-20(23(27)29-15-28-21)16-9-11-18(12-10-16)35-17-7-5-4-6-8-17/h4-12,15,19,22H,13-14H2,1-3H3,(H,30,32)(H,33,34)(H2,27,28,29)/t19?,22-/m0/s1. The molecule has 0 radical (unpaired) electrons. The van der Waals surface area contributed by atoms with Crippen molar-refractivity contribution < 1.29 is 19.4 Å². The van der Waals surface area contributed by atoms with Gasteiger partial charge in [0.2, 0.25) is 0 Å². The molecule has 3 aromatic rings. The molecule has 2 amide bonds. The van der Waals surface area contributed by atoms with E-state index in [0.29, 0.717) is 35.6 Å². The number of amides is 2. The summed E-state index contributed by atoms with van der Waals surface area (Å²) < 4.78 is 5.84. The van der Waals surface area contributed by atoms with Crippen LogP contribution in [0.2, 0.25) is 0 Å². The van der Waals surface area contributed by atoms with E-state index in [0.717, 1.165) is 0 Å². The zero-order valence-corrected chi connectivity index (χ0v) is 19.9. The van der Waals surface area contributed by atoms with Gasteiger partial charge in [0.05, 0.1) is 17.6 Å². The van der Waals surface area contributed by atoms with Gasteiger partial charge < -0.3 is 25.8 Å². The van der Waals surface area contributed by atoms with Crippen LogP contribution in [0.1, 0.15) is 37.7 Å². The van der Waals surface area contributed by atoms with E-state index in [1.165, 1.54) is 11.2 Å². The minimum atomic E-state index is -0.994. The topological polar surface area (TPSA) is 131 Å². The summed E-state index contributed by atoms with van der Waals surface area (Å²) in [7, 11) is 0. The van der Waals surface area contributed by atoms with E-state index in [2.05, 4.69) is 15.3 Å². The van der Waals surface area contributed by atoms with E-state index in [9.17, 15) is 14.7 Å². The molecule has 2 atom stereocenters. The molecule has 1 aliphatic rings. The number of carbonyl (C=O) groups excluding carboxylic acids is 1. The van der Waals surface area contributed by atoms with Gasteiger partial charge in [-0.15, -0.1) is 0 Å². The number of nitrogens with two attached hydrogens (primary N) is 1. The molecule has 4 rings (SSSR count). The second kappa shape index (κ2) is 9.61. The van der Waals surface area contributed by atoms with Crippen LogP contribution >= 0.6 is 0 Å². The van der Waals surface area contributed by atoms with Gasteiger partial charge in [-0.25, -0.2) is 14.8 Å². The number of nitrogens with one attached hydrogen (secondary N) is 1. The van der Waals surface area contributed by atoms with Gasteiger partial charge >= 0.3 is 6.09 Å². The van der Waals surface area contributed by atoms with Crippen molar-refractivity contribution >= 4 is 17.8 Å². The van der Waals surface area contributed by atoms with Crippen LogP contribution < -0.4 is 15.8 Å². The van der Waals surface area contributed by atoms with E-state index in [1.807, 2.05) is 51.1 Å². The summed E-state index contributed by atoms with van der Waals surface area (Å²) in [5.74, 6) is 1.09. The lowest BCUT2D eigenvalue weighted by atomic mass is 9.82. The molecule has 4 N–H and O–H groups in total. The Bertz CT molecular complexity index is 1210. The van der Waals surface area contributed by atoms with Gasteiger partial charge in [0, 0.05) is 6.54 Å². The molecule has 1 fully saturated rings. The zero-order valence-electron chi connectivity index (χ0n) is 19.9. The number of nitrogens with zero attached hydrogens (tertiary/aromatic N) is 3. The van der Waals surface area contributed by atoms with Crippen molar-refractivity contribution in [3.63, 3.8) is 0 Å². The van der Waals surface area contributed by atoms with Gasteiger partial charge in [0.15, 0.2) is 0 Å². The number of hydrogen-bond acceptors (Lipinski definition) is 6. The van der Waals surface area contributed by atoms with E-state index >= 15 is 0 Å². The number of carbonyl (C=O) groups is 2. The quantitative estimate of drug-likeness (QED) is 0.498. The molecule has 1 aliphatic heterocycles. The first-order valence-corrected chi connectivity index (χ1v) is 11.4. The minimum absolute atomic E-state index is 0.135. The summed E-state index contributed by atoms with van der Waals surface area (Å²) in [6, 6.07) is 15.8. The summed E-state index contributed by atoms with van der Waals surface area (Å²) in [4.78, 5) is 34.8. The average molecular weight is 476 g/mol. The number of nitrogen functional groups attached to an aromatic ring is 1. The highest BCUT2D eigenvalue weighted by molar-refractivity contribution is 6.01. The normalized spacial score (nSPS) is 17.7. The Kier molecular flexibility index (Phi) is 6.59. The molecule has 35 heavy (non-hydrogen) atoms. The van der Waals surface area contributed by atoms with Crippen molar-refractivity contribution in [3.8, 4) is 22.6 Å². The number of likely N-dealkylation sites (tertiary alicyclic amines) is 1. The van der Waals surface area contributed by atoms with Crippen molar-refractivity contribution in [1.82, 2.24) is 20.2 Å². The Morgan fingerprint density at radius 1 is 1.06 bits per heavy atom. The van der Waals surface area contributed by atoms with E-state index in [4.69, 9.17) is 10.5 Å². The molecular weight excluding hydrogens is 446 g/mol. The number of para-hydroxylation sites is 1. The van der Waals surface area contributed by atoms with Crippen LogP contribution in [0.3, 0.4) is 0 Å². The number of carboxylic acid groups (broad SMARTS) is 1. The van der Waals surface area contributed by atoms with Crippen LogP contribution in [0.15, 0.2) is 60.9 Å². The fourth-order valence-corrected chi connectivity index (χ4v) is 4.64. The number of rotatable bonds is 5. The molecule has 0 bridgehead atoms. The Hall–Kier alpha value is -4.14. The highest BCUT2D eigenvalue weighted by Crippen LogP contribution is 2.34. The van der Waals surface area contributed by atoms with E-state index < -0.39 is 12.0 Å². The Labute approximate surface area is 204 Å². The van der Waals surface area contributed by atoms with Gasteiger partial charge in [0.25, 0.3) is 5.91 Å². The van der Waals surface area contributed by atoms with Crippen molar-refractivity contribution in [2.24, 2.45) is 5.41 Å². The molecule has 2 heterocycles. The van der Waals surface area contributed by atoms with Gasteiger partial charge in [-0.05, 0) is 41.7 Å². The van der Waals surface area contributed by atoms with E-state index in [1.54, 1.807) is 24.3 Å². The SMILES string of the molecule is CC(C)(C)[C@@H]1C(NC(=O)c2ncnc(N)c2-c2ccc(Oc3ccccc3)cc2)CCN1C(=O)O. The van der Waals surface area contributed by atoms with Gasteiger partial charge in [-0.1, -0.05) is 51.1 Å². The van der Waals surface area contributed by atoms with Crippen LogP contribution in [-0.4, -0.2) is 50.6 Å². The molecule has 9 nitrogen and oxygen atoms in total. The molecule has 9 heteroatoms. The summed E-state index contributed by atoms with van der Waals surface area (Å²) >= 11 is 0. The summed E-state index contributed by atoms with van der Waals surface area (Å²) in [6.45, 7) is 6.24. The predicted molar refractivity (Wildman–Crippen MR) is 132 cm³/mol. The maximum atomic E-state index is 13.4. The summed E-state index contributed by atoms with van der Waals surface area (Å²) in [6.07, 6.45) is 0.771. The Morgan fingerprint density at radius 3 is 2.34 bits per heavy atom. The highest BCUT2D eigenvalue weighted by atomic mass is 16.5. The first-order chi connectivity index (χ1) is 16.6. The third-order valence-corrected chi connectivity index (χ3v) is 6.06. The lowest BCUT2D eigenvalue weighted by Gasteiger charge is -2.37. The number of aromatic nitrogens is 2. The van der Waals surface area contributed by atoms with Crippen molar-refractivity contribution in [2.45, 2.75) is 39.3 Å². The largest absolute Gasteiger partial charge is 0.465 e. The third-order valence-electron chi connectivity index (χ3n) is 6.06. The smallest absolute Gasteiger partial charge is 0.407 e. The Morgan fingerprint density at radius 2 is 1.71 bits per heavy atom. The number of hydrogen-bond donors (Lipinski definition) is 3. The van der Waals surface area contributed by atoms with Crippen molar-refractivity contribution in [3.05, 3.63) is 66.6 Å². The molecule has 1 saturated heterocycles. The summed E-state index contributed by atoms with van der Waals surface area (Å²) in [5, 5.41) is 12.6. The Balaban J connectivity index is 1.59. The van der Waals surface area contributed by atoms with Crippen LogP contribution in [0.5, 0.6) is 11.5 Å². The van der Waals surface area contributed by atoms with Crippen LogP contribution in [0.25, 0.3) is 11.1 Å². The van der Waals surface area contributed by atoms with Crippen molar-refractivity contribution in [2.75, 3.05) is 12.3 Å². The molecule has 0 aliphatic carbocycles. The molecular formula is C26H29N5O4. The first-order valence-electron chi connectivity index (χ1n) is 11.4. The maximum absolute atomic E-state index is 13.4. The first kappa shape index (κ1) is 24.0. The fraction of sp³-hybridized carbons (Fsp3) is 0.308. The van der Waals surface area contributed by atoms with Gasteiger partial charge in [-0.3, -0.25) is 4.79 Å². The monoisotopic (exact) mass is 475 g/mol. The van der Waals surface area contributed by atoms with Gasteiger partial charge in [0.1, 0.15) is 29.3 Å². The second-order valence-electron chi connectivity index (χ2n) is 9.58. The molecule has 1 unspecified atom stereocenters. The predicted octanol–water partition coefficient (Wildman–Crippen LogP) is 4.41. The average Bonchev–Trinajstić information content (AvgIpc) is 3.25. The highest BCUT2D eigenvalue weighted by Gasteiger charge is 2.44. The van der Waals surface area contributed by atoms with Crippen LogP contribution in [0, 0.1) is 5.41 Å².